The largest absolute Gasteiger partial charge is 0.479 e. The van der Waals surface area contributed by atoms with Gasteiger partial charge in [-0.3, -0.25) is 4.79 Å². The van der Waals surface area contributed by atoms with Crippen LogP contribution in [-0.2, 0) is 14.3 Å². The van der Waals surface area contributed by atoms with Gasteiger partial charge in [0.05, 0.1) is 6.61 Å². The molecule has 0 aliphatic carbocycles. The first-order valence-electron chi connectivity index (χ1n) is 5.35. The van der Waals surface area contributed by atoms with E-state index in [1.807, 2.05) is 0 Å². The fraction of sp³-hybridized carbons (Fsp3) is 0.818. The molecule has 0 saturated carbocycles. The second-order valence-corrected chi connectivity index (χ2v) is 4.08. The molecular formula is C11H21NO4. The summed E-state index contributed by atoms with van der Waals surface area (Å²) in [5, 5.41) is 9.40. The molecule has 0 bridgehead atoms. The summed E-state index contributed by atoms with van der Waals surface area (Å²) in [6.45, 7) is 7.03. The molecule has 0 aliphatic rings. The van der Waals surface area contributed by atoms with Crippen molar-refractivity contribution < 1.29 is 19.4 Å². The smallest absolute Gasteiger partial charge is 0.332 e. The molecule has 0 aromatic rings. The van der Waals surface area contributed by atoms with E-state index in [1.165, 1.54) is 18.9 Å². The molecule has 1 amide bonds. The predicted molar refractivity (Wildman–Crippen MR) is 60.1 cm³/mol. The van der Waals surface area contributed by atoms with Crippen LogP contribution in [0, 0.1) is 5.92 Å². The first-order chi connectivity index (χ1) is 7.34. The van der Waals surface area contributed by atoms with Crippen molar-refractivity contribution in [2.24, 2.45) is 5.92 Å². The molecule has 1 unspecified atom stereocenters. The van der Waals surface area contributed by atoms with Crippen LogP contribution in [0.3, 0.4) is 0 Å². The Morgan fingerprint density at radius 2 is 1.94 bits per heavy atom. The Labute approximate surface area is 96.4 Å². The van der Waals surface area contributed by atoms with Gasteiger partial charge in [-0.15, -0.1) is 0 Å². The van der Waals surface area contributed by atoms with Crippen molar-refractivity contribution in [3.05, 3.63) is 0 Å². The minimum Gasteiger partial charge on any atom is -0.479 e. The summed E-state index contributed by atoms with van der Waals surface area (Å²) in [5.74, 6) is -1.51. The average molecular weight is 231 g/mol. The van der Waals surface area contributed by atoms with Crippen molar-refractivity contribution in [2.45, 2.75) is 33.2 Å². The van der Waals surface area contributed by atoms with E-state index < -0.39 is 11.5 Å². The van der Waals surface area contributed by atoms with Crippen LogP contribution < -0.4 is 0 Å². The number of rotatable bonds is 6. The quantitative estimate of drug-likeness (QED) is 0.740. The number of methoxy groups -OCH3 is 1. The number of carbonyl (C=O) groups is 2. The normalized spacial score (nSPS) is 14.6. The fourth-order valence-corrected chi connectivity index (χ4v) is 1.99. The monoisotopic (exact) mass is 231 g/mol. The first kappa shape index (κ1) is 14.9. The van der Waals surface area contributed by atoms with Crippen LogP contribution in [-0.4, -0.2) is 47.7 Å². The van der Waals surface area contributed by atoms with E-state index in [-0.39, 0.29) is 18.4 Å². The molecule has 94 valence electrons. The molecule has 5 nitrogen and oxygen atoms in total. The van der Waals surface area contributed by atoms with Gasteiger partial charge in [-0.05, 0) is 12.8 Å². The van der Waals surface area contributed by atoms with Crippen LogP contribution in [0.25, 0.3) is 0 Å². The Hall–Kier alpha value is -1.10. The number of nitrogens with zero attached hydrogens (tertiary/aromatic N) is 1. The van der Waals surface area contributed by atoms with Gasteiger partial charge in [0.1, 0.15) is 0 Å². The Morgan fingerprint density at radius 3 is 2.12 bits per heavy atom. The third-order valence-electron chi connectivity index (χ3n) is 2.87. The van der Waals surface area contributed by atoms with E-state index in [4.69, 9.17) is 4.74 Å². The molecule has 1 atom stereocenters. The molecule has 5 heteroatoms. The zero-order valence-electron chi connectivity index (χ0n) is 10.6. The van der Waals surface area contributed by atoms with Crippen molar-refractivity contribution in [3.63, 3.8) is 0 Å². The van der Waals surface area contributed by atoms with Crippen molar-refractivity contribution in [2.75, 3.05) is 20.3 Å². The Bertz CT molecular complexity index is 265. The molecule has 0 aliphatic heterocycles. The molecule has 0 saturated heterocycles. The van der Waals surface area contributed by atoms with Gasteiger partial charge in [-0.25, -0.2) is 4.79 Å². The van der Waals surface area contributed by atoms with Crippen LogP contribution in [0.5, 0.6) is 0 Å². The first-order valence-corrected chi connectivity index (χ1v) is 5.35. The zero-order chi connectivity index (χ0) is 12.9. The summed E-state index contributed by atoms with van der Waals surface area (Å²) in [6.07, 6.45) is 0. The van der Waals surface area contributed by atoms with Gasteiger partial charge in [-0.1, -0.05) is 13.8 Å². The van der Waals surface area contributed by atoms with E-state index in [0.717, 1.165) is 0 Å². The van der Waals surface area contributed by atoms with Crippen molar-refractivity contribution in [1.82, 2.24) is 4.90 Å². The van der Waals surface area contributed by atoms with Gasteiger partial charge in [-0.2, -0.15) is 0 Å². The lowest BCUT2D eigenvalue weighted by Crippen LogP contribution is -2.62. The lowest BCUT2D eigenvalue weighted by Gasteiger charge is -2.42. The minimum absolute atomic E-state index is 0.00653. The van der Waals surface area contributed by atoms with Crippen LogP contribution in [0.15, 0.2) is 0 Å². The predicted octanol–water partition coefficient (Wildman–Crippen LogP) is 0.981. The second-order valence-electron chi connectivity index (χ2n) is 4.08. The summed E-state index contributed by atoms with van der Waals surface area (Å²) >= 11 is 0. The lowest BCUT2D eigenvalue weighted by molar-refractivity contribution is -0.167. The van der Waals surface area contributed by atoms with Crippen LogP contribution in [0.1, 0.15) is 27.7 Å². The van der Waals surface area contributed by atoms with Crippen LogP contribution >= 0.6 is 0 Å². The second kappa shape index (κ2) is 5.84. The molecule has 0 radical (unpaired) electrons. The fourth-order valence-electron chi connectivity index (χ4n) is 1.99. The summed E-state index contributed by atoms with van der Waals surface area (Å²) in [4.78, 5) is 24.3. The summed E-state index contributed by atoms with van der Waals surface area (Å²) in [7, 11) is 1.44. The van der Waals surface area contributed by atoms with Crippen molar-refractivity contribution in [1.29, 1.82) is 0 Å². The summed E-state index contributed by atoms with van der Waals surface area (Å²) < 4.78 is 4.99. The third kappa shape index (κ3) is 2.52. The highest BCUT2D eigenvalue weighted by atomic mass is 16.5. The summed E-state index contributed by atoms with van der Waals surface area (Å²) in [6, 6.07) is 0. The number of carboxylic acid groups (broad SMARTS) is 1. The Morgan fingerprint density at radius 1 is 1.44 bits per heavy atom. The minimum atomic E-state index is -1.28. The number of likely N-dealkylation sites (N-methyl/N-ethyl adjacent to an activating group) is 1. The van der Waals surface area contributed by atoms with E-state index in [9.17, 15) is 14.7 Å². The standard InChI is InChI=1S/C11H21NO4/c1-6-12(9(4)13)11(7-16-5,8(2)3)10(14)15/h8H,6-7H2,1-5H3,(H,14,15). The Balaban J connectivity index is 5.47. The average Bonchev–Trinajstić information content (AvgIpc) is 2.15. The SMILES string of the molecule is CCN(C(C)=O)C(COC)(C(=O)O)C(C)C. The number of amides is 1. The molecule has 0 aromatic heterocycles. The van der Waals surface area contributed by atoms with Crippen molar-refractivity contribution in [3.8, 4) is 0 Å². The number of hydrogen-bond donors (Lipinski definition) is 1. The summed E-state index contributed by atoms with van der Waals surface area (Å²) in [5.41, 5.74) is -1.28. The van der Waals surface area contributed by atoms with Crippen LogP contribution in [0.4, 0.5) is 0 Å². The highest BCUT2D eigenvalue weighted by molar-refractivity contribution is 5.86. The van der Waals surface area contributed by atoms with Gasteiger partial charge >= 0.3 is 5.97 Å². The molecule has 16 heavy (non-hydrogen) atoms. The molecule has 0 fully saturated rings. The van der Waals surface area contributed by atoms with E-state index >= 15 is 0 Å². The van der Waals surface area contributed by atoms with Gasteiger partial charge in [0.15, 0.2) is 5.54 Å². The number of aliphatic carboxylic acids is 1. The molecule has 0 rings (SSSR count). The zero-order valence-corrected chi connectivity index (χ0v) is 10.6. The van der Waals surface area contributed by atoms with Gasteiger partial charge in [0, 0.05) is 20.6 Å². The van der Waals surface area contributed by atoms with Crippen LogP contribution in [0.2, 0.25) is 0 Å². The number of hydrogen-bond acceptors (Lipinski definition) is 3. The maximum absolute atomic E-state index is 11.5. The van der Waals surface area contributed by atoms with Crippen molar-refractivity contribution >= 4 is 11.9 Å². The topological polar surface area (TPSA) is 66.8 Å². The molecular weight excluding hydrogens is 210 g/mol. The maximum Gasteiger partial charge on any atom is 0.332 e. The highest BCUT2D eigenvalue weighted by Gasteiger charge is 2.48. The number of carbonyl (C=O) groups excluding carboxylic acids is 1. The van der Waals surface area contributed by atoms with E-state index in [0.29, 0.717) is 6.54 Å². The van der Waals surface area contributed by atoms with Gasteiger partial charge < -0.3 is 14.7 Å². The molecule has 0 spiro atoms. The molecule has 0 heterocycles. The van der Waals surface area contributed by atoms with Gasteiger partial charge in [0.2, 0.25) is 5.91 Å². The maximum atomic E-state index is 11.5. The number of ether oxygens (including phenoxy) is 1. The third-order valence-corrected chi connectivity index (χ3v) is 2.87. The highest BCUT2D eigenvalue weighted by Crippen LogP contribution is 2.26. The van der Waals surface area contributed by atoms with Gasteiger partial charge in [0.25, 0.3) is 0 Å². The Kier molecular flexibility index (Phi) is 5.44. The lowest BCUT2D eigenvalue weighted by atomic mass is 9.85. The van der Waals surface area contributed by atoms with E-state index in [1.54, 1.807) is 20.8 Å². The molecule has 1 N–H and O–H groups in total. The van der Waals surface area contributed by atoms with E-state index in [2.05, 4.69) is 0 Å². The molecule has 0 aromatic carbocycles. The number of carboxylic acids is 1.